The van der Waals surface area contributed by atoms with E-state index in [1.54, 1.807) is 20.0 Å². The summed E-state index contributed by atoms with van der Waals surface area (Å²) in [5.41, 5.74) is -0.910. The predicted octanol–water partition coefficient (Wildman–Crippen LogP) is 4.28. The Morgan fingerprint density at radius 3 is 2.74 bits per heavy atom. The zero-order chi connectivity index (χ0) is 25.0. The van der Waals surface area contributed by atoms with Crippen molar-refractivity contribution in [2.24, 2.45) is 5.10 Å². The summed E-state index contributed by atoms with van der Waals surface area (Å²) < 4.78 is 69.4. The zero-order valence-electron chi connectivity index (χ0n) is 18.2. The van der Waals surface area contributed by atoms with Gasteiger partial charge in [-0.05, 0) is 24.1 Å². The van der Waals surface area contributed by atoms with Crippen molar-refractivity contribution in [3.05, 3.63) is 58.1 Å². The average molecular weight is 484 g/mol. The zero-order valence-corrected chi connectivity index (χ0v) is 18.2. The third kappa shape index (κ3) is 5.77. The number of hydrogen-bond acceptors (Lipinski definition) is 6. The molecule has 0 atom stereocenters. The number of rotatable bonds is 9. The van der Waals surface area contributed by atoms with E-state index in [1.807, 2.05) is 0 Å². The first-order valence-electron chi connectivity index (χ1n) is 10.1. The van der Waals surface area contributed by atoms with E-state index in [0.717, 1.165) is 16.7 Å². The average Bonchev–Trinajstić information content (AvgIpc) is 3.18. The smallest absolute Gasteiger partial charge is 0.402 e. The van der Waals surface area contributed by atoms with Crippen LogP contribution in [0.5, 0.6) is 6.01 Å². The SMILES string of the molecule is C=C(C=NN(C)Cc1cccc(C(F)(F)F)c1)c1nc2nc(OC(F)F)n(CCC)c(=O)c2[nH]1. The molecule has 1 aromatic carbocycles. The number of aromatic amines is 1. The topological polar surface area (TPSA) is 88.4 Å². The van der Waals surface area contributed by atoms with Gasteiger partial charge < -0.3 is 9.72 Å². The van der Waals surface area contributed by atoms with Crippen LogP contribution in [-0.2, 0) is 19.3 Å². The summed E-state index contributed by atoms with van der Waals surface area (Å²) in [6, 6.07) is 4.32. The fourth-order valence-corrected chi connectivity index (χ4v) is 3.09. The standard InChI is InChI=1S/C21H21F5N6O2/c1-4-8-32-18(33)15-17(30-20(32)34-19(22)23)29-16(28-15)12(2)10-27-31(3)11-13-6-5-7-14(9-13)21(24,25)26/h5-7,9-10,19H,2,4,8,11H2,1,3H3,(H,28,29). The second kappa shape index (κ2) is 10.0. The maximum Gasteiger partial charge on any atom is 0.416 e. The number of nitrogens with zero attached hydrogens (tertiary/aromatic N) is 5. The number of fused-ring (bicyclic) bond motifs is 1. The molecule has 13 heteroatoms. The summed E-state index contributed by atoms with van der Waals surface area (Å²) in [6.45, 7) is 2.59. The molecule has 0 unspecified atom stereocenters. The van der Waals surface area contributed by atoms with Gasteiger partial charge in [0, 0.05) is 19.2 Å². The highest BCUT2D eigenvalue weighted by Gasteiger charge is 2.30. The van der Waals surface area contributed by atoms with E-state index in [1.165, 1.54) is 17.3 Å². The van der Waals surface area contributed by atoms with Crippen LogP contribution in [0.25, 0.3) is 16.7 Å². The van der Waals surface area contributed by atoms with E-state index >= 15 is 0 Å². The number of ether oxygens (including phenoxy) is 1. The molecule has 0 bridgehead atoms. The van der Waals surface area contributed by atoms with E-state index in [-0.39, 0.29) is 35.7 Å². The Bertz CT molecular complexity index is 1260. The molecule has 1 N–H and O–H groups in total. The lowest BCUT2D eigenvalue weighted by molar-refractivity contribution is -0.137. The first-order valence-corrected chi connectivity index (χ1v) is 10.1. The van der Waals surface area contributed by atoms with E-state index in [0.29, 0.717) is 12.0 Å². The van der Waals surface area contributed by atoms with Gasteiger partial charge in [0.2, 0.25) is 0 Å². The maximum atomic E-state index is 12.9. The van der Waals surface area contributed by atoms with Gasteiger partial charge in [-0.2, -0.15) is 32.0 Å². The maximum absolute atomic E-state index is 12.9. The van der Waals surface area contributed by atoms with Crippen molar-refractivity contribution in [3.8, 4) is 6.01 Å². The second-order valence-electron chi connectivity index (χ2n) is 7.30. The molecule has 8 nitrogen and oxygen atoms in total. The van der Waals surface area contributed by atoms with Gasteiger partial charge in [-0.25, -0.2) is 4.98 Å². The van der Waals surface area contributed by atoms with Crippen LogP contribution in [0.1, 0.15) is 30.3 Å². The molecule has 0 amide bonds. The molecule has 0 spiro atoms. The highest BCUT2D eigenvalue weighted by atomic mass is 19.4. The number of allylic oxidation sites excluding steroid dienone is 1. The number of hydrogen-bond donors (Lipinski definition) is 1. The molecule has 3 rings (SSSR count). The van der Waals surface area contributed by atoms with Gasteiger partial charge in [0.15, 0.2) is 11.2 Å². The summed E-state index contributed by atoms with van der Waals surface area (Å²) >= 11 is 0. The molecule has 0 saturated carbocycles. The summed E-state index contributed by atoms with van der Waals surface area (Å²) in [5, 5.41) is 5.52. The largest absolute Gasteiger partial charge is 0.416 e. The quantitative estimate of drug-likeness (QED) is 0.278. The Labute approximate surface area is 190 Å². The number of nitrogens with one attached hydrogen (secondary N) is 1. The van der Waals surface area contributed by atoms with Gasteiger partial charge in [-0.3, -0.25) is 14.4 Å². The molecule has 2 heterocycles. The number of benzene rings is 1. The molecule has 0 aliphatic heterocycles. The lowest BCUT2D eigenvalue weighted by atomic mass is 10.1. The second-order valence-corrected chi connectivity index (χ2v) is 7.30. The van der Waals surface area contributed by atoms with Gasteiger partial charge >= 0.3 is 18.8 Å². The molecule has 3 aromatic rings. The normalized spacial score (nSPS) is 12.1. The van der Waals surface area contributed by atoms with Gasteiger partial charge in [0.25, 0.3) is 5.56 Å². The van der Waals surface area contributed by atoms with Gasteiger partial charge in [0.05, 0.1) is 18.3 Å². The Morgan fingerprint density at radius 1 is 1.35 bits per heavy atom. The van der Waals surface area contributed by atoms with E-state index in [9.17, 15) is 26.7 Å². The molecule has 0 radical (unpaired) electrons. The molecule has 0 saturated heterocycles. The van der Waals surface area contributed by atoms with Crippen molar-refractivity contribution in [3.63, 3.8) is 0 Å². The van der Waals surface area contributed by atoms with Crippen LogP contribution in [0.3, 0.4) is 0 Å². The number of H-pyrrole nitrogens is 1. The predicted molar refractivity (Wildman–Crippen MR) is 116 cm³/mol. The van der Waals surface area contributed by atoms with Crippen LogP contribution in [0, 0.1) is 0 Å². The summed E-state index contributed by atoms with van der Waals surface area (Å²) in [7, 11) is 1.56. The fourth-order valence-electron chi connectivity index (χ4n) is 3.09. The van der Waals surface area contributed by atoms with Crippen LogP contribution >= 0.6 is 0 Å². The Morgan fingerprint density at radius 2 is 2.09 bits per heavy atom. The third-order valence-corrected chi connectivity index (χ3v) is 4.60. The highest BCUT2D eigenvalue weighted by Crippen LogP contribution is 2.29. The first-order chi connectivity index (χ1) is 16.0. The van der Waals surface area contributed by atoms with Crippen molar-refractivity contribution in [1.82, 2.24) is 24.5 Å². The van der Waals surface area contributed by atoms with Crippen LogP contribution in [-0.4, -0.2) is 44.4 Å². The Hall–Kier alpha value is -3.77. The minimum Gasteiger partial charge on any atom is -0.402 e. The fraction of sp³-hybridized carbons (Fsp3) is 0.333. The van der Waals surface area contributed by atoms with Crippen LogP contribution in [0.2, 0.25) is 0 Å². The minimum atomic E-state index is -4.45. The van der Waals surface area contributed by atoms with Gasteiger partial charge in [0.1, 0.15) is 5.82 Å². The number of hydrazone groups is 1. The van der Waals surface area contributed by atoms with Crippen molar-refractivity contribution < 1.29 is 26.7 Å². The number of halogens is 5. The first kappa shape index (κ1) is 24.9. The number of alkyl halides is 5. The van der Waals surface area contributed by atoms with Crippen molar-refractivity contribution in [1.29, 1.82) is 0 Å². The number of aromatic nitrogens is 4. The lowest BCUT2D eigenvalue weighted by Gasteiger charge is -2.14. The van der Waals surface area contributed by atoms with E-state index in [4.69, 9.17) is 0 Å². The molecule has 34 heavy (non-hydrogen) atoms. The number of imidazole rings is 1. The lowest BCUT2D eigenvalue weighted by Crippen LogP contribution is -2.25. The van der Waals surface area contributed by atoms with E-state index < -0.39 is 29.9 Å². The molecule has 182 valence electrons. The van der Waals surface area contributed by atoms with Crippen molar-refractivity contribution in [2.45, 2.75) is 39.2 Å². The van der Waals surface area contributed by atoms with Gasteiger partial charge in [-0.15, -0.1) is 0 Å². The summed E-state index contributed by atoms with van der Waals surface area (Å²) in [4.78, 5) is 23.5. The van der Waals surface area contributed by atoms with Crippen molar-refractivity contribution in [2.75, 3.05) is 7.05 Å². The Kier molecular flexibility index (Phi) is 7.32. The minimum absolute atomic E-state index is 0.0167. The molecular weight excluding hydrogens is 463 g/mol. The molecule has 0 fully saturated rings. The third-order valence-electron chi connectivity index (χ3n) is 4.60. The van der Waals surface area contributed by atoms with Crippen LogP contribution in [0.15, 0.2) is 40.7 Å². The van der Waals surface area contributed by atoms with E-state index in [2.05, 4.69) is 31.4 Å². The van der Waals surface area contributed by atoms with Crippen molar-refractivity contribution >= 4 is 23.0 Å². The summed E-state index contributed by atoms with van der Waals surface area (Å²) in [6.07, 6.45) is -2.67. The Balaban J connectivity index is 1.80. The monoisotopic (exact) mass is 484 g/mol. The van der Waals surface area contributed by atoms with Crippen LogP contribution in [0.4, 0.5) is 22.0 Å². The molecule has 2 aromatic heterocycles. The molecule has 0 aliphatic carbocycles. The molecular formula is C21H21F5N6O2. The summed E-state index contributed by atoms with van der Waals surface area (Å²) in [5.74, 6) is 0.119. The molecule has 0 aliphatic rings. The highest BCUT2D eigenvalue weighted by molar-refractivity contribution is 6.07. The van der Waals surface area contributed by atoms with Crippen LogP contribution < -0.4 is 10.3 Å². The van der Waals surface area contributed by atoms with Gasteiger partial charge in [-0.1, -0.05) is 25.6 Å².